The van der Waals surface area contributed by atoms with Crippen LogP contribution in [0, 0.1) is 0 Å². The molecule has 0 aromatic heterocycles. The molecule has 3 atom stereocenters. The maximum Gasteiger partial charge on any atom is 0.410 e. The molecule has 23 heavy (non-hydrogen) atoms. The molecule has 1 aliphatic heterocycles. The van der Waals surface area contributed by atoms with Gasteiger partial charge in [0.15, 0.2) is 0 Å². The van der Waals surface area contributed by atoms with Crippen molar-refractivity contribution in [3.63, 3.8) is 0 Å². The summed E-state index contributed by atoms with van der Waals surface area (Å²) >= 11 is 0. The molecule has 0 aliphatic carbocycles. The van der Waals surface area contributed by atoms with Gasteiger partial charge in [-0.1, -0.05) is 30.3 Å². The van der Waals surface area contributed by atoms with Crippen molar-refractivity contribution in [3.8, 4) is 0 Å². The number of carbonyl (C=O) groups is 1. The number of amides is 1. The Morgan fingerprint density at radius 3 is 2.65 bits per heavy atom. The van der Waals surface area contributed by atoms with Crippen molar-refractivity contribution in [2.75, 3.05) is 6.54 Å². The summed E-state index contributed by atoms with van der Waals surface area (Å²) < 4.78 is 19.2. The largest absolute Gasteiger partial charge is 0.444 e. The second-order valence-electron chi connectivity index (χ2n) is 7.11. The zero-order chi connectivity index (χ0) is 17.0. The third-order valence-electron chi connectivity index (χ3n) is 3.96. The lowest BCUT2D eigenvalue weighted by Gasteiger charge is -2.38. The number of rotatable bonds is 3. The molecule has 4 nitrogen and oxygen atoms in total. The van der Waals surface area contributed by atoms with Crippen LogP contribution in [0.1, 0.15) is 51.7 Å². The summed E-state index contributed by atoms with van der Waals surface area (Å²) in [7, 11) is 0. The lowest BCUT2D eigenvalue weighted by molar-refractivity contribution is -0.00666. The zero-order valence-electron chi connectivity index (χ0n) is 14.0. The van der Waals surface area contributed by atoms with E-state index in [1.807, 2.05) is 30.3 Å². The summed E-state index contributed by atoms with van der Waals surface area (Å²) in [5, 5.41) is 10.4. The molecule has 1 aliphatic rings. The van der Waals surface area contributed by atoms with E-state index in [4.69, 9.17) is 4.74 Å². The van der Waals surface area contributed by atoms with Gasteiger partial charge in [0.05, 0.1) is 6.10 Å². The first kappa shape index (κ1) is 17.7. The summed E-state index contributed by atoms with van der Waals surface area (Å²) in [4.78, 5) is 13.9. The lowest BCUT2D eigenvalue weighted by atomic mass is 9.93. The highest BCUT2D eigenvalue weighted by Gasteiger charge is 2.35. The van der Waals surface area contributed by atoms with Crippen LogP contribution >= 0.6 is 0 Å². The molecule has 1 aromatic carbocycles. The fourth-order valence-corrected chi connectivity index (χ4v) is 2.86. The van der Waals surface area contributed by atoms with Gasteiger partial charge in [0.2, 0.25) is 0 Å². The summed E-state index contributed by atoms with van der Waals surface area (Å²) in [5.41, 5.74) is 0.185. The van der Waals surface area contributed by atoms with E-state index in [0.29, 0.717) is 19.4 Å². The fraction of sp³-hybridized carbons (Fsp3) is 0.611. The van der Waals surface area contributed by atoms with E-state index < -0.39 is 24.0 Å². The first-order valence-electron chi connectivity index (χ1n) is 8.13. The minimum Gasteiger partial charge on any atom is -0.444 e. The molecule has 5 heteroatoms. The summed E-state index contributed by atoms with van der Waals surface area (Å²) in [6.45, 7) is 5.74. The standard InChI is InChI=1S/C18H26FNO3/c1-18(2,3)23-17(22)20-10-9-14(19)11-15(20)12-16(21)13-7-5-4-6-8-13/h4-8,14-16,21H,9-12H2,1-3H3/t14-,15+,16-/m1/s1. The van der Waals surface area contributed by atoms with Gasteiger partial charge in [-0.3, -0.25) is 0 Å². The topological polar surface area (TPSA) is 49.8 Å². The number of aliphatic hydroxyl groups excluding tert-OH is 1. The van der Waals surface area contributed by atoms with Gasteiger partial charge in [0, 0.05) is 12.6 Å². The maximum atomic E-state index is 13.8. The van der Waals surface area contributed by atoms with E-state index in [-0.39, 0.29) is 12.5 Å². The third kappa shape index (κ3) is 5.20. The number of halogens is 1. The second kappa shape index (κ2) is 7.30. The van der Waals surface area contributed by atoms with Crippen LogP contribution in [0.2, 0.25) is 0 Å². The third-order valence-corrected chi connectivity index (χ3v) is 3.96. The predicted octanol–water partition coefficient (Wildman–Crippen LogP) is 3.85. The number of piperidine rings is 1. The smallest absolute Gasteiger partial charge is 0.410 e. The van der Waals surface area contributed by atoms with Crippen LogP contribution in [0.25, 0.3) is 0 Å². The Bertz CT molecular complexity index is 515. The Balaban J connectivity index is 2.07. The Morgan fingerprint density at radius 1 is 1.39 bits per heavy atom. The van der Waals surface area contributed by atoms with Gasteiger partial charge >= 0.3 is 6.09 Å². The minimum absolute atomic E-state index is 0.239. The maximum absolute atomic E-state index is 13.8. The van der Waals surface area contributed by atoms with Crippen LogP contribution < -0.4 is 0 Å². The van der Waals surface area contributed by atoms with Gasteiger partial charge in [0.1, 0.15) is 11.8 Å². The number of carbonyl (C=O) groups excluding carboxylic acids is 1. The predicted molar refractivity (Wildman–Crippen MR) is 86.9 cm³/mol. The van der Waals surface area contributed by atoms with Crippen molar-refractivity contribution in [1.82, 2.24) is 4.90 Å². The number of hydrogen-bond donors (Lipinski definition) is 1. The highest BCUT2D eigenvalue weighted by molar-refractivity contribution is 5.68. The highest BCUT2D eigenvalue weighted by Crippen LogP contribution is 2.29. The Morgan fingerprint density at radius 2 is 2.04 bits per heavy atom. The van der Waals surface area contributed by atoms with Crippen molar-refractivity contribution in [3.05, 3.63) is 35.9 Å². The highest BCUT2D eigenvalue weighted by atomic mass is 19.1. The number of ether oxygens (including phenoxy) is 1. The number of alkyl halides is 1. The first-order chi connectivity index (χ1) is 10.8. The quantitative estimate of drug-likeness (QED) is 0.919. The van der Waals surface area contributed by atoms with E-state index in [2.05, 4.69) is 0 Å². The number of hydrogen-bond acceptors (Lipinski definition) is 3. The fourth-order valence-electron chi connectivity index (χ4n) is 2.86. The molecule has 1 amide bonds. The van der Waals surface area contributed by atoms with Gasteiger partial charge < -0.3 is 14.7 Å². The second-order valence-corrected chi connectivity index (χ2v) is 7.11. The van der Waals surface area contributed by atoms with Crippen LogP contribution in [-0.2, 0) is 4.74 Å². The van der Waals surface area contributed by atoms with Crippen molar-refractivity contribution in [1.29, 1.82) is 0 Å². The van der Waals surface area contributed by atoms with Crippen LogP contribution in [0.3, 0.4) is 0 Å². The van der Waals surface area contributed by atoms with E-state index in [9.17, 15) is 14.3 Å². The molecule has 0 saturated carbocycles. The van der Waals surface area contributed by atoms with Crippen molar-refractivity contribution in [2.45, 2.75) is 64.0 Å². The van der Waals surface area contributed by atoms with Crippen LogP contribution in [-0.4, -0.2) is 40.5 Å². The molecule has 128 valence electrons. The molecule has 0 radical (unpaired) electrons. The Labute approximate surface area is 137 Å². The van der Waals surface area contributed by atoms with Gasteiger partial charge in [-0.2, -0.15) is 0 Å². The molecule has 2 rings (SSSR count). The molecular weight excluding hydrogens is 297 g/mol. The van der Waals surface area contributed by atoms with E-state index in [0.717, 1.165) is 5.56 Å². The molecule has 1 heterocycles. The normalized spacial score (nSPS) is 23.4. The van der Waals surface area contributed by atoms with Gasteiger partial charge in [0.25, 0.3) is 0 Å². The SMILES string of the molecule is CC(C)(C)OC(=O)N1CC[C@@H](F)C[C@H]1C[C@@H](O)c1ccccc1. The monoisotopic (exact) mass is 323 g/mol. The molecule has 1 saturated heterocycles. The number of likely N-dealkylation sites (tertiary alicyclic amines) is 1. The summed E-state index contributed by atoms with van der Waals surface area (Å²) in [6, 6.07) is 8.88. The average Bonchev–Trinajstić information content (AvgIpc) is 2.46. The number of benzene rings is 1. The minimum atomic E-state index is -0.943. The van der Waals surface area contributed by atoms with Crippen LogP contribution in [0.5, 0.6) is 0 Å². The van der Waals surface area contributed by atoms with E-state index in [1.54, 1.807) is 25.7 Å². The van der Waals surface area contributed by atoms with E-state index in [1.165, 1.54) is 0 Å². The summed E-state index contributed by atoms with van der Waals surface area (Å²) in [5.74, 6) is 0. The number of aliphatic hydroxyl groups is 1. The Kier molecular flexibility index (Phi) is 5.63. The van der Waals surface area contributed by atoms with Crippen LogP contribution in [0.4, 0.5) is 9.18 Å². The zero-order valence-corrected chi connectivity index (χ0v) is 14.0. The van der Waals surface area contributed by atoms with Crippen molar-refractivity contribution >= 4 is 6.09 Å². The molecule has 1 fully saturated rings. The molecule has 0 bridgehead atoms. The van der Waals surface area contributed by atoms with Crippen molar-refractivity contribution in [2.24, 2.45) is 0 Å². The lowest BCUT2D eigenvalue weighted by Crippen LogP contribution is -2.49. The van der Waals surface area contributed by atoms with Gasteiger partial charge in [-0.05, 0) is 45.6 Å². The summed E-state index contributed by atoms with van der Waals surface area (Å²) in [6.07, 6.45) is -1.24. The van der Waals surface area contributed by atoms with Gasteiger partial charge in [-0.15, -0.1) is 0 Å². The van der Waals surface area contributed by atoms with Gasteiger partial charge in [-0.25, -0.2) is 9.18 Å². The molecule has 0 unspecified atom stereocenters. The average molecular weight is 323 g/mol. The Hall–Kier alpha value is -1.62. The molecule has 0 spiro atoms. The van der Waals surface area contributed by atoms with Crippen molar-refractivity contribution < 1.29 is 19.0 Å². The van der Waals surface area contributed by atoms with Crippen LogP contribution in [0.15, 0.2) is 30.3 Å². The molecular formula is C18H26FNO3. The molecule has 1 N–H and O–H groups in total. The van der Waals surface area contributed by atoms with E-state index >= 15 is 0 Å². The number of nitrogens with zero attached hydrogens (tertiary/aromatic N) is 1. The first-order valence-corrected chi connectivity index (χ1v) is 8.13. The molecule has 1 aromatic rings.